The van der Waals surface area contributed by atoms with Gasteiger partial charge in [-0.2, -0.15) is 0 Å². The molecular formula is C15H17BrFN3. The average molecular weight is 338 g/mol. The van der Waals surface area contributed by atoms with Gasteiger partial charge in [-0.15, -0.1) is 0 Å². The second-order valence-electron chi connectivity index (χ2n) is 4.96. The highest BCUT2D eigenvalue weighted by Crippen LogP contribution is 2.31. The van der Waals surface area contributed by atoms with E-state index in [1.807, 2.05) is 6.07 Å². The van der Waals surface area contributed by atoms with Gasteiger partial charge in [0, 0.05) is 12.6 Å². The van der Waals surface area contributed by atoms with Gasteiger partial charge in [-0.25, -0.2) is 14.4 Å². The third-order valence-electron chi connectivity index (χ3n) is 3.09. The van der Waals surface area contributed by atoms with Gasteiger partial charge in [0.15, 0.2) is 5.82 Å². The van der Waals surface area contributed by atoms with Gasteiger partial charge in [-0.1, -0.05) is 26.0 Å². The Labute approximate surface area is 126 Å². The Bertz CT molecular complexity index is 641. The van der Waals surface area contributed by atoms with E-state index in [0.717, 1.165) is 10.2 Å². The summed E-state index contributed by atoms with van der Waals surface area (Å²) in [5.41, 5.74) is 2.20. The molecule has 2 rings (SSSR count). The van der Waals surface area contributed by atoms with Crippen LogP contribution in [0.4, 0.5) is 10.2 Å². The van der Waals surface area contributed by atoms with Crippen LogP contribution in [0, 0.1) is 12.7 Å². The van der Waals surface area contributed by atoms with Crippen molar-refractivity contribution < 1.29 is 4.39 Å². The molecule has 0 saturated carbocycles. The maximum atomic E-state index is 13.7. The lowest BCUT2D eigenvalue weighted by atomic mass is 10.1. The highest BCUT2D eigenvalue weighted by atomic mass is 79.9. The molecule has 0 amide bonds. The van der Waals surface area contributed by atoms with Crippen molar-refractivity contribution in [2.75, 3.05) is 12.4 Å². The van der Waals surface area contributed by atoms with Gasteiger partial charge in [-0.05, 0) is 40.4 Å². The number of nitrogens with zero attached hydrogens (tertiary/aromatic N) is 2. The van der Waals surface area contributed by atoms with Crippen LogP contribution in [0.25, 0.3) is 11.4 Å². The van der Waals surface area contributed by atoms with E-state index in [1.54, 1.807) is 20.0 Å². The van der Waals surface area contributed by atoms with Crippen LogP contribution in [0.2, 0.25) is 0 Å². The van der Waals surface area contributed by atoms with E-state index >= 15 is 0 Å². The summed E-state index contributed by atoms with van der Waals surface area (Å²) >= 11 is 3.51. The number of hydrogen-bond acceptors (Lipinski definition) is 3. The second-order valence-corrected chi connectivity index (χ2v) is 5.76. The molecule has 0 aliphatic rings. The highest BCUT2D eigenvalue weighted by Gasteiger charge is 2.15. The fourth-order valence-electron chi connectivity index (χ4n) is 1.87. The van der Waals surface area contributed by atoms with Gasteiger partial charge < -0.3 is 5.32 Å². The summed E-state index contributed by atoms with van der Waals surface area (Å²) in [6.45, 7) is 5.86. The molecule has 0 bridgehead atoms. The third kappa shape index (κ3) is 2.82. The minimum absolute atomic E-state index is 0.244. The van der Waals surface area contributed by atoms with Crippen LogP contribution in [0.15, 0.2) is 22.7 Å². The van der Waals surface area contributed by atoms with Crippen molar-refractivity contribution in [1.82, 2.24) is 9.97 Å². The normalized spacial score (nSPS) is 10.9. The molecule has 0 fully saturated rings. The number of nitrogens with one attached hydrogen (secondary N) is 1. The fraction of sp³-hybridized carbons (Fsp3) is 0.333. The molecule has 2 aromatic rings. The van der Waals surface area contributed by atoms with Crippen LogP contribution in [0.1, 0.15) is 31.0 Å². The third-order valence-corrected chi connectivity index (χ3v) is 3.87. The first-order valence-electron chi connectivity index (χ1n) is 6.45. The van der Waals surface area contributed by atoms with Crippen molar-refractivity contribution in [3.05, 3.63) is 39.7 Å². The topological polar surface area (TPSA) is 37.8 Å². The van der Waals surface area contributed by atoms with Crippen molar-refractivity contribution in [3.63, 3.8) is 0 Å². The van der Waals surface area contributed by atoms with Crippen LogP contribution in [0.3, 0.4) is 0 Å². The fourth-order valence-corrected chi connectivity index (χ4v) is 2.71. The lowest BCUT2D eigenvalue weighted by Crippen LogP contribution is -2.04. The molecule has 3 nitrogen and oxygen atoms in total. The van der Waals surface area contributed by atoms with Gasteiger partial charge in [0.05, 0.1) is 10.2 Å². The summed E-state index contributed by atoms with van der Waals surface area (Å²) in [6, 6.07) is 5.05. The molecular weight excluding hydrogens is 321 g/mol. The van der Waals surface area contributed by atoms with Gasteiger partial charge in [0.1, 0.15) is 11.6 Å². The Morgan fingerprint density at radius 1 is 1.25 bits per heavy atom. The van der Waals surface area contributed by atoms with Crippen molar-refractivity contribution in [3.8, 4) is 11.4 Å². The van der Waals surface area contributed by atoms with Crippen LogP contribution >= 0.6 is 15.9 Å². The van der Waals surface area contributed by atoms with Crippen LogP contribution < -0.4 is 5.32 Å². The summed E-state index contributed by atoms with van der Waals surface area (Å²) in [4.78, 5) is 9.00. The minimum atomic E-state index is -0.244. The molecule has 1 aromatic heterocycles. The molecule has 1 N–H and O–H groups in total. The molecule has 1 aromatic carbocycles. The Balaban J connectivity index is 2.61. The number of hydrogen-bond donors (Lipinski definition) is 1. The standard InChI is InChI=1S/C15H17BrFN3/c1-8(2)13-12(16)15(18-4)20-14(19-13)10-6-5-9(3)11(17)7-10/h5-8H,1-4H3,(H,18,19,20). The molecule has 20 heavy (non-hydrogen) atoms. The summed E-state index contributed by atoms with van der Waals surface area (Å²) in [6.07, 6.45) is 0. The first-order valence-corrected chi connectivity index (χ1v) is 7.25. The van der Waals surface area contributed by atoms with Crippen LogP contribution in [0.5, 0.6) is 0 Å². The molecule has 106 valence electrons. The lowest BCUT2D eigenvalue weighted by Gasteiger charge is -2.13. The smallest absolute Gasteiger partial charge is 0.161 e. The quantitative estimate of drug-likeness (QED) is 0.894. The Kier molecular flexibility index (Phi) is 4.38. The minimum Gasteiger partial charge on any atom is -0.372 e. The zero-order chi connectivity index (χ0) is 14.9. The summed E-state index contributed by atoms with van der Waals surface area (Å²) < 4.78 is 14.6. The number of aryl methyl sites for hydroxylation is 1. The van der Waals surface area contributed by atoms with Crippen molar-refractivity contribution in [2.45, 2.75) is 26.7 Å². The molecule has 0 aliphatic carbocycles. The van der Waals surface area contributed by atoms with E-state index in [1.165, 1.54) is 6.07 Å². The second kappa shape index (κ2) is 5.87. The average Bonchev–Trinajstić information content (AvgIpc) is 2.42. The first kappa shape index (κ1) is 14.9. The molecule has 0 saturated heterocycles. The van der Waals surface area contributed by atoms with Crippen molar-refractivity contribution >= 4 is 21.7 Å². The molecule has 0 radical (unpaired) electrons. The molecule has 0 spiro atoms. The number of benzene rings is 1. The Morgan fingerprint density at radius 3 is 2.50 bits per heavy atom. The molecule has 0 aliphatic heterocycles. The van der Waals surface area contributed by atoms with E-state index in [9.17, 15) is 4.39 Å². The summed E-state index contributed by atoms with van der Waals surface area (Å²) in [5.74, 6) is 1.24. The van der Waals surface area contributed by atoms with E-state index < -0.39 is 0 Å². The van der Waals surface area contributed by atoms with Crippen molar-refractivity contribution in [2.24, 2.45) is 0 Å². The number of rotatable bonds is 3. The van der Waals surface area contributed by atoms with Gasteiger partial charge >= 0.3 is 0 Å². The number of anilines is 1. The molecule has 0 atom stereocenters. The maximum absolute atomic E-state index is 13.7. The molecule has 1 heterocycles. The maximum Gasteiger partial charge on any atom is 0.161 e. The lowest BCUT2D eigenvalue weighted by molar-refractivity contribution is 0.619. The van der Waals surface area contributed by atoms with Crippen molar-refractivity contribution in [1.29, 1.82) is 0 Å². The first-order chi connectivity index (χ1) is 9.43. The van der Waals surface area contributed by atoms with E-state index in [2.05, 4.69) is 45.1 Å². The van der Waals surface area contributed by atoms with Crippen LogP contribution in [-0.4, -0.2) is 17.0 Å². The van der Waals surface area contributed by atoms with E-state index in [4.69, 9.17) is 0 Å². The summed E-state index contributed by atoms with van der Waals surface area (Å²) in [7, 11) is 1.80. The SMILES string of the molecule is CNc1nc(-c2ccc(C)c(F)c2)nc(C(C)C)c1Br. The Morgan fingerprint density at radius 2 is 1.95 bits per heavy atom. The van der Waals surface area contributed by atoms with Gasteiger partial charge in [-0.3, -0.25) is 0 Å². The number of halogens is 2. The van der Waals surface area contributed by atoms with Gasteiger partial charge in [0.25, 0.3) is 0 Å². The van der Waals surface area contributed by atoms with Gasteiger partial charge in [0.2, 0.25) is 0 Å². The predicted molar refractivity (Wildman–Crippen MR) is 83.5 cm³/mol. The zero-order valence-corrected chi connectivity index (χ0v) is 13.5. The molecule has 5 heteroatoms. The van der Waals surface area contributed by atoms with E-state index in [0.29, 0.717) is 22.8 Å². The zero-order valence-electron chi connectivity index (χ0n) is 12.0. The Hall–Kier alpha value is -1.49. The molecule has 0 unspecified atom stereocenters. The highest BCUT2D eigenvalue weighted by molar-refractivity contribution is 9.10. The monoisotopic (exact) mass is 337 g/mol. The van der Waals surface area contributed by atoms with Crippen LogP contribution in [-0.2, 0) is 0 Å². The predicted octanol–water partition coefficient (Wildman–Crippen LogP) is 4.52. The largest absolute Gasteiger partial charge is 0.372 e. The number of aromatic nitrogens is 2. The van der Waals surface area contributed by atoms with E-state index in [-0.39, 0.29) is 11.7 Å². The summed E-state index contributed by atoms with van der Waals surface area (Å²) in [5, 5.41) is 3.03.